The van der Waals surface area contributed by atoms with Crippen molar-refractivity contribution in [3.63, 3.8) is 0 Å². The number of nitrogens with zero attached hydrogens (tertiary/aromatic N) is 3. The Kier molecular flexibility index (Phi) is 4.70. The van der Waals surface area contributed by atoms with Gasteiger partial charge in [-0.3, -0.25) is 4.79 Å². The van der Waals surface area contributed by atoms with Crippen LogP contribution < -0.4 is 9.80 Å². The van der Waals surface area contributed by atoms with Gasteiger partial charge in [-0.15, -0.1) is 0 Å². The van der Waals surface area contributed by atoms with Gasteiger partial charge in [0, 0.05) is 32.9 Å². The molecule has 1 amide bonds. The van der Waals surface area contributed by atoms with E-state index in [0.29, 0.717) is 11.5 Å². The van der Waals surface area contributed by atoms with Crippen molar-refractivity contribution in [2.24, 2.45) is 0 Å². The molecule has 2 aromatic rings. The average molecular weight is 305 g/mol. The molecule has 0 aliphatic heterocycles. The molecule has 0 radical (unpaired) electrons. The lowest BCUT2D eigenvalue weighted by Gasteiger charge is -2.23. The quantitative estimate of drug-likeness (QED) is 0.871. The van der Waals surface area contributed by atoms with Crippen LogP contribution in [0.5, 0.6) is 0 Å². The molecule has 0 atom stereocenters. The van der Waals surface area contributed by atoms with Crippen LogP contribution in [0.25, 0.3) is 0 Å². The molecule has 0 unspecified atom stereocenters. The molecule has 0 N–H and O–H groups in total. The summed E-state index contributed by atoms with van der Waals surface area (Å²) in [4.78, 5) is 19.7. The van der Waals surface area contributed by atoms with Gasteiger partial charge < -0.3 is 9.80 Å². The lowest BCUT2D eigenvalue weighted by atomic mass is 10.1. The Hall–Kier alpha value is -2.50. The molecular weight excluding hydrogens is 288 g/mol. The van der Waals surface area contributed by atoms with Gasteiger partial charge in [0.2, 0.25) is 5.91 Å². The third-order valence-electron chi connectivity index (χ3n) is 3.27. The van der Waals surface area contributed by atoms with E-state index in [1.807, 2.05) is 14.1 Å². The molecule has 22 heavy (non-hydrogen) atoms. The van der Waals surface area contributed by atoms with Crippen LogP contribution in [0.15, 0.2) is 36.5 Å². The lowest BCUT2D eigenvalue weighted by Crippen LogP contribution is -2.30. The molecule has 1 aromatic carbocycles. The summed E-state index contributed by atoms with van der Waals surface area (Å²) in [5.41, 5.74) is 0.640. The van der Waals surface area contributed by atoms with E-state index in [2.05, 4.69) is 4.98 Å². The van der Waals surface area contributed by atoms with Crippen molar-refractivity contribution in [2.45, 2.75) is 6.42 Å². The minimum absolute atomic E-state index is 0.0344. The molecule has 0 saturated carbocycles. The molecule has 6 heteroatoms. The molecular formula is C16H17F2N3O. The predicted molar refractivity (Wildman–Crippen MR) is 82.0 cm³/mol. The highest BCUT2D eigenvalue weighted by atomic mass is 19.1. The standard InChI is InChI=1S/C16H17F2N3O/c1-20(2)16-14(5-4-8-19-16)21(3)15(22)10-11-9-12(17)6-7-13(11)18/h4-9H,10H2,1-3H3. The zero-order valence-corrected chi connectivity index (χ0v) is 12.7. The number of likely N-dealkylation sites (N-methyl/N-ethyl adjacent to an activating group) is 1. The maximum atomic E-state index is 13.6. The summed E-state index contributed by atoms with van der Waals surface area (Å²) >= 11 is 0. The number of pyridine rings is 1. The molecule has 0 saturated heterocycles. The molecule has 2 rings (SSSR count). The zero-order valence-electron chi connectivity index (χ0n) is 12.7. The topological polar surface area (TPSA) is 36.4 Å². The van der Waals surface area contributed by atoms with Gasteiger partial charge in [-0.25, -0.2) is 13.8 Å². The highest BCUT2D eigenvalue weighted by Crippen LogP contribution is 2.25. The highest BCUT2D eigenvalue weighted by Gasteiger charge is 2.18. The van der Waals surface area contributed by atoms with Gasteiger partial charge in [0.15, 0.2) is 5.82 Å². The van der Waals surface area contributed by atoms with Crippen LogP contribution in [0.3, 0.4) is 0 Å². The van der Waals surface area contributed by atoms with Crippen molar-refractivity contribution in [3.05, 3.63) is 53.7 Å². The SMILES string of the molecule is CN(C)c1ncccc1N(C)C(=O)Cc1cc(F)ccc1F. The summed E-state index contributed by atoms with van der Waals surface area (Å²) in [6.07, 6.45) is 1.41. The first-order valence-electron chi connectivity index (χ1n) is 6.73. The number of anilines is 2. The summed E-state index contributed by atoms with van der Waals surface area (Å²) in [5, 5.41) is 0. The normalized spacial score (nSPS) is 10.4. The Morgan fingerprint density at radius 3 is 2.59 bits per heavy atom. The second kappa shape index (κ2) is 6.51. The zero-order chi connectivity index (χ0) is 16.3. The Morgan fingerprint density at radius 2 is 1.91 bits per heavy atom. The van der Waals surface area contributed by atoms with Crippen LogP contribution in [-0.4, -0.2) is 32.0 Å². The number of rotatable bonds is 4. The fraction of sp³-hybridized carbons (Fsp3) is 0.250. The van der Waals surface area contributed by atoms with Crippen molar-refractivity contribution >= 4 is 17.4 Å². The minimum Gasteiger partial charge on any atom is -0.361 e. The van der Waals surface area contributed by atoms with Gasteiger partial charge in [-0.05, 0) is 30.3 Å². The summed E-state index contributed by atoms with van der Waals surface area (Å²) < 4.78 is 26.8. The Bertz CT molecular complexity index is 689. The first kappa shape index (κ1) is 15.9. The van der Waals surface area contributed by atoms with Crippen LogP contribution in [0.4, 0.5) is 20.3 Å². The number of amides is 1. The van der Waals surface area contributed by atoms with E-state index < -0.39 is 11.6 Å². The van der Waals surface area contributed by atoms with Crippen molar-refractivity contribution < 1.29 is 13.6 Å². The van der Waals surface area contributed by atoms with Gasteiger partial charge in [-0.1, -0.05) is 0 Å². The van der Waals surface area contributed by atoms with E-state index in [0.717, 1.165) is 18.2 Å². The number of hydrogen-bond acceptors (Lipinski definition) is 3. The van der Waals surface area contributed by atoms with Crippen LogP contribution >= 0.6 is 0 Å². The van der Waals surface area contributed by atoms with Crippen LogP contribution in [-0.2, 0) is 11.2 Å². The third kappa shape index (κ3) is 3.39. The number of hydrogen-bond donors (Lipinski definition) is 0. The number of aromatic nitrogens is 1. The van der Waals surface area contributed by atoms with Crippen molar-refractivity contribution in [1.29, 1.82) is 0 Å². The first-order chi connectivity index (χ1) is 10.4. The van der Waals surface area contributed by atoms with Crippen LogP contribution in [0.1, 0.15) is 5.56 Å². The maximum absolute atomic E-state index is 13.6. The highest BCUT2D eigenvalue weighted by molar-refractivity contribution is 5.96. The number of carbonyl (C=O) groups is 1. The smallest absolute Gasteiger partial charge is 0.231 e. The van der Waals surface area contributed by atoms with Crippen LogP contribution in [0, 0.1) is 11.6 Å². The largest absolute Gasteiger partial charge is 0.361 e. The third-order valence-corrected chi connectivity index (χ3v) is 3.27. The monoisotopic (exact) mass is 305 g/mol. The van der Waals surface area contributed by atoms with Crippen molar-refractivity contribution in [3.8, 4) is 0 Å². The summed E-state index contributed by atoms with van der Waals surface area (Å²) in [7, 11) is 5.22. The summed E-state index contributed by atoms with van der Waals surface area (Å²) in [6, 6.07) is 6.56. The van der Waals surface area contributed by atoms with Gasteiger partial charge in [0.05, 0.1) is 12.1 Å². The van der Waals surface area contributed by atoms with E-state index in [1.54, 1.807) is 30.3 Å². The molecule has 0 aliphatic rings. The number of benzene rings is 1. The van der Waals surface area contributed by atoms with Gasteiger partial charge >= 0.3 is 0 Å². The van der Waals surface area contributed by atoms with E-state index in [1.165, 1.54) is 4.90 Å². The Balaban J connectivity index is 2.25. The molecule has 4 nitrogen and oxygen atoms in total. The van der Waals surface area contributed by atoms with E-state index in [-0.39, 0.29) is 17.9 Å². The number of halogens is 2. The first-order valence-corrected chi connectivity index (χ1v) is 6.73. The molecule has 0 bridgehead atoms. The van der Waals surface area contributed by atoms with E-state index >= 15 is 0 Å². The second-order valence-electron chi connectivity index (χ2n) is 5.11. The van der Waals surface area contributed by atoms with Gasteiger partial charge in [-0.2, -0.15) is 0 Å². The molecule has 0 aliphatic carbocycles. The van der Waals surface area contributed by atoms with Crippen molar-refractivity contribution in [1.82, 2.24) is 4.98 Å². The average Bonchev–Trinajstić information content (AvgIpc) is 2.50. The fourth-order valence-corrected chi connectivity index (χ4v) is 2.09. The second-order valence-corrected chi connectivity index (χ2v) is 5.11. The summed E-state index contributed by atoms with van der Waals surface area (Å²) in [5.74, 6) is -0.886. The van der Waals surface area contributed by atoms with E-state index in [9.17, 15) is 13.6 Å². The Morgan fingerprint density at radius 1 is 1.18 bits per heavy atom. The van der Waals surface area contributed by atoms with Crippen LogP contribution in [0.2, 0.25) is 0 Å². The molecule has 116 valence electrons. The Labute approximate surface area is 128 Å². The fourth-order valence-electron chi connectivity index (χ4n) is 2.09. The molecule has 1 aromatic heterocycles. The maximum Gasteiger partial charge on any atom is 0.231 e. The molecule has 1 heterocycles. The van der Waals surface area contributed by atoms with Gasteiger partial charge in [0.25, 0.3) is 0 Å². The van der Waals surface area contributed by atoms with E-state index in [4.69, 9.17) is 0 Å². The van der Waals surface area contributed by atoms with Crippen molar-refractivity contribution in [2.75, 3.05) is 30.9 Å². The minimum atomic E-state index is -0.595. The lowest BCUT2D eigenvalue weighted by molar-refractivity contribution is -0.117. The number of carbonyl (C=O) groups excluding carboxylic acids is 1. The van der Waals surface area contributed by atoms with Gasteiger partial charge in [0.1, 0.15) is 11.6 Å². The molecule has 0 fully saturated rings. The molecule has 0 spiro atoms. The predicted octanol–water partition coefficient (Wildman–Crippen LogP) is 2.63. The summed E-state index contributed by atoms with van der Waals surface area (Å²) in [6.45, 7) is 0.